The average molecular weight is 369 g/mol. The molecule has 0 atom stereocenters. The second-order valence-corrected chi connectivity index (χ2v) is 5.29. The molecule has 0 N–H and O–H groups in total. The van der Waals surface area contributed by atoms with E-state index in [2.05, 4.69) is 4.98 Å². The Morgan fingerprint density at radius 3 is 2.67 bits per heavy atom. The Hall–Kier alpha value is -2.91. The standard InChI is InChI=1S/C13H6Cl2N4O5/c14-7(12-13(15)17-4-2-1-3-10(17)16-12)5-9-8(18(20)21)6-11(24-9)19(22)23/h1-6H/b7-5+. The highest BCUT2D eigenvalue weighted by Gasteiger charge is 2.26. The zero-order valence-corrected chi connectivity index (χ0v) is 13.1. The molecule has 0 spiro atoms. The van der Waals surface area contributed by atoms with Gasteiger partial charge in [-0.25, -0.2) is 4.98 Å². The number of nitrogens with zero attached hydrogens (tertiary/aromatic N) is 4. The highest BCUT2D eigenvalue weighted by atomic mass is 35.5. The van der Waals surface area contributed by atoms with Crippen molar-refractivity contribution in [1.29, 1.82) is 0 Å². The van der Waals surface area contributed by atoms with Gasteiger partial charge in [0.05, 0.1) is 9.96 Å². The van der Waals surface area contributed by atoms with E-state index in [1.54, 1.807) is 28.8 Å². The van der Waals surface area contributed by atoms with Crippen molar-refractivity contribution in [3.8, 4) is 0 Å². The molecule has 0 aliphatic heterocycles. The van der Waals surface area contributed by atoms with Crippen molar-refractivity contribution in [2.24, 2.45) is 0 Å². The van der Waals surface area contributed by atoms with E-state index in [1.165, 1.54) is 0 Å². The van der Waals surface area contributed by atoms with E-state index >= 15 is 0 Å². The molecular weight excluding hydrogens is 363 g/mol. The van der Waals surface area contributed by atoms with E-state index < -0.39 is 21.4 Å². The van der Waals surface area contributed by atoms with Gasteiger partial charge in [0.2, 0.25) is 5.76 Å². The summed E-state index contributed by atoms with van der Waals surface area (Å²) < 4.78 is 6.43. The number of halogens is 2. The molecule has 0 radical (unpaired) electrons. The van der Waals surface area contributed by atoms with Crippen LogP contribution >= 0.6 is 23.2 Å². The number of pyridine rings is 1. The SMILES string of the molecule is O=[N+]([O-])c1cc([N+](=O)[O-])c(/C=C(/Cl)c2nc3ccccn3c2Cl)o1. The van der Waals surface area contributed by atoms with Crippen LogP contribution in [0, 0.1) is 20.2 Å². The molecule has 0 bridgehead atoms. The van der Waals surface area contributed by atoms with Crippen LogP contribution in [0.15, 0.2) is 34.9 Å². The first-order valence-corrected chi connectivity index (χ1v) is 7.07. The maximum absolute atomic E-state index is 11.0. The molecule has 3 rings (SSSR count). The molecule has 0 fully saturated rings. The molecule has 9 nitrogen and oxygen atoms in total. The molecule has 0 aromatic carbocycles. The molecule has 3 aromatic rings. The molecule has 0 aliphatic carbocycles. The Balaban J connectivity index is 2.12. The van der Waals surface area contributed by atoms with E-state index in [1.807, 2.05) is 0 Å². The summed E-state index contributed by atoms with van der Waals surface area (Å²) in [6.07, 6.45) is 2.73. The van der Waals surface area contributed by atoms with Gasteiger partial charge in [0.1, 0.15) is 27.5 Å². The van der Waals surface area contributed by atoms with E-state index in [9.17, 15) is 20.2 Å². The van der Waals surface area contributed by atoms with Crippen molar-refractivity contribution in [1.82, 2.24) is 9.38 Å². The van der Waals surface area contributed by atoms with Crippen molar-refractivity contribution in [2.75, 3.05) is 0 Å². The van der Waals surface area contributed by atoms with E-state index in [0.29, 0.717) is 11.7 Å². The molecule has 3 heterocycles. The number of fused-ring (bicyclic) bond motifs is 1. The van der Waals surface area contributed by atoms with Gasteiger partial charge in [-0.05, 0) is 12.1 Å². The van der Waals surface area contributed by atoms with Crippen molar-refractivity contribution in [3.05, 3.63) is 67.3 Å². The van der Waals surface area contributed by atoms with Gasteiger partial charge in [-0.1, -0.05) is 29.3 Å². The van der Waals surface area contributed by atoms with Gasteiger partial charge in [0.25, 0.3) is 0 Å². The van der Waals surface area contributed by atoms with Crippen molar-refractivity contribution in [2.45, 2.75) is 0 Å². The predicted molar refractivity (Wildman–Crippen MR) is 85.9 cm³/mol. The minimum absolute atomic E-state index is 0.0592. The highest BCUT2D eigenvalue weighted by Crippen LogP contribution is 2.34. The van der Waals surface area contributed by atoms with Crippen LogP contribution in [0.2, 0.25) is 5.15 Å². The smallest absolute Gasteiger partial charge is 0.394 e. The van der Waals surface area contributed by atoms with Crippen LogP contribution in [0.5, 0.6) is 0 Å². The normalized spacial score (nSPS) is 11.8. The number of furan rings is 1. The summed E-state index contributed by atoms with van der Waals surface area (Å²) in [6, 6.07) is 5.89. The van der Waals surface area contributed by atoms with Gasteiger partial charge in [-0.2, -0.15) is 0 Å². The van der Waals surface area contributed by atoms with Crippen LogP contribution < -0.4 is 0 Å². The first-order chi connectivity index (χ1) is 11.4. The van der Waals surface area contributed by atoms with E-state index in [-0.39, 0.29) is 21.6 Å². The van der Waals surface area contributed by atoms with Gasteiger partial charge >= 0.3 is 11.6 Å². The van der Waals surface area contributed by atoms with Gasteiger partial charge in [-0.3, -0.25) is 24.6 Å². The minimum Gasteiger partial charge on any atom is -0.394 e. The van der Waals surface area contributed by atoms with Crippen LogP contribution in [0.3, 0.4) is 0 Å². The van der Waals surface area contributed by atoms with Gasteiger partial charge in [0, 0.05) is 12.3 Å². The van der Waals surface area contributed by atoms with Crippen molar-refractivity contribution < 1.29 is 14.3 Å². The third kappa shape index (κ3) is 2.70. The molecular formula is C13H6Cl2N4O5. The molecule has 11 heteroatoms. The third-order valence-electron chi connectivity index (χ3n) is 3.06. The zero-order chi connectivity index (χ0) is 17.4. The first-order valence-electron chi connectivity index (χ1n) is 6.31. The maximum Gasteiger partial charge on any atom is 0.440 e. The fourth-order valence-electron chi connectivity index (χ4n) is 2.02. The molecule has 122 valence electrons. The lowest BCUT2D eigenvalue weighted by molar-refractivity contribution is -0.402. The molecule has 0 unspecified atom stereocenters. The van der Waals surface area contributed by atoms with Gasteiger partial charge in [-0.15, -0.1) is 0 Å². The van der Waals surface area contributed by atoms with Crippen molar-refractivity contribution >= 4 is 51.5 Å². The first kappa shape index (κ1) is 16.0. The summed E-state index contributed by atoms with van der Waals surface area (Å²) in [5, 5.41) is 21.8. The minimum atomic E-state index is -0.879. The lowest BCUT2D eigenvalue weighted by atomic mass is 10.3. The lowest BCUT2D eigenvalue weighted by Crippen LogP contribution is -1.87. The van der Waals surface area contributed by atoms with Crippen LogP contribution in [0.25, 0.3) is 16.8 Å². The molecule has 0 saturated carbocycles. The van der Waals surface area contributed by atoms with Crippen LogP contribution in [-0.4, -0.2) is 19.2 Å². The Bertz CT molecular complexity index is 1010. The summed E-state index contributed by atoms with van der Waals surface area (Å²) in [7, 11) is 0. The Morgan fingerprint density at radius 1 is 1.29 bits per heavy atom. The summed E-state index contributed by atoms with van der Waals surface area (Å²) >= 11 is 12.3. The number of imidazole rings is 1. The van der Waals surface area contributed by atoms with Crippen LogP contribution in [0.4, 0.5) is 11.6 Å². The number of rotatable bonds is 4. The highest BCUT2D eigenvalue weighted by molar-refractivity contribution is 6.52. The molecule has 0 aliphatic rings. The number of hydrogen-bond donors (Lipinski definition) is 0. The lowest BCUT2D eigenvalue weighted by Gasteiger charge is -1.95. The number of nitro groups is 2. The topological polar surface area (TPSA) is 117 Å². The predicted octanol–water partition coefficient (Wildman–Crippen LogP) is 4.13. The quantitative estimate of drug-likeness (QED) is 0.504. The zero-order valence-electron chi connectivity index (χ0n) is 11.6. The van der Waals surface area contributed by atoms with Crippen LogP contribution in [0.1, 0.15) is 11.5 Å². The molecule has 0 amide bonds. The Kier molecular flexibility index (Phi) is 3.96. The molecule has 0 saturated heterocycles. The van der Waals surface area contributed by atoms with Gasteiger partial charge in [0.15, 0.2) is 0 Å². The van der Waals surface area contributed by atoms with E-state index in [0.717, 1.165) is 6.08 Å². The third-order valence-corrected chi connectivity index (χ3v) is 3.71. The summed E-state index contributed by atoms with van der Waals surface area (Å²) in [6.45, 7) is 0. The number of aromatic nitrogens is 2. The fraction of sp³-hybridized carbons (Fsp3) is 0. The Labute approximate surface area is 143 Å². The fourth-order valence-corrected chi connectivity index (χ4v) is 2.59. The van der Waals surface area contributed by atoms with Crippen molar-refractivity contribution in [3.63, 3.8) is 0 Å². The monoisotopic (exact) mass is 368 g/mol. The summed E-state index contributed by atoms with van der Waals surface area (Å²) in [4.78, 5) is 24.2. The van der Waals surface area contributed by atoms with E-state index in [4.69, 9.17) is 27.6 Å². The molecule has 3 aromatic heterocycles. The van der Waals surface area contributed by atoms with Crippen LogP contribution in [-0.2, 0) is 0 Å². The maximum atomic E-state index is 11.0. The second kappa shape index (κ2) is 5.95. The summed E-state index contributed by atoms with van der Waals surface area (Å²) in [5.74, 6) is -1.14. The van der Waals surface area contributed by atoms with Gasteiger partial charge < -0.3 is 4.42 Å². The Morgan fingerprint density at radius 2 is 2.04 bits per heavy atom. The second-order valence-electron chi connectivity index (χ2n) is 4.52. The summed E-state index contributed by atoms with van der Waals surface area (Å²) in [5.41, 5.74) is 0.0987. The average Bonchev–Trinajstić information content (AvgIpc) is 3.10. The molecule has 24 heavy (non-hydrogen) atoms. The largest absolute Gasteiger partial charge is 0.440 e. The number of hydrogen-bond acceptors (Lipinski definition) is 6.